The predicted octanol–water partition coefficient (Wildman–Crippen LogP) is 6.12. The average Bonchev–Trinajstić information content (AvgIpc) is 2.62. The molecular formula is C20H14ClF3O. The van der Waals surface area contributed by atoms with Crippen LogP contribution in [0.25, 0.3) is 0 Å². The highest BCUT2D eigenvalue weighted by Crippen LogP contribution is 2.47. The van der Waals surface area contributed by atoms with Gasteiger partial charge >= 0.3 is 6.36 Å². The zero-order valence-corrected chi connectivity index (χ0v) is 13.8. The molecule has 5 heteroatoms. The van der Waals surface area contributed by atoms with Crippen molar-refractivity contribution >= 4 is 11.6 Å². The number of ether oxygens (including phenoxy) is 1. The summed E-state index contributed by atoms with van der Waals surface area (Å²) in [5.41, 5.74) is 1.54. The monoisotopic (exact) mass is 362 g/mol. The Labute approximate surface area is 148 Å². The topological polar surface area (TPSA) is 9.23 Å². The van der Waals surface area contributed by atoms with E-state index in [1.165, 1.54) is 12.1 Å². The van der Waals surface area contributed by atoms with E-state index in [-0.39, 0.29) is 11.3 Å². The molecule has 0 heterocycles. The maximum Gasteiger partial charge on any atom is 0.573 e. The van der Waals surface area contributed by atoms with Crippen molar-refractivity contribution in [3.05, 3.63) is 102 Å². The number of para-hydroxylation sites is 1. The van der Waals surface area contributed by atoms with E-state index in [0.717, 1.165) is 0 Å². The van der Waals surface area contributed by atoms with E-state index < -0.39 is 11.2 Å². The minimum Gasteiger partial charge on any atom is -0.405 e. The molecule has 0 saturated carbocycles. The molecule has 0 aliphatic rings. The largest absolute Gasteiger partial charge is 0.573 e. The number of alkyl halides is 4. The van der Waals surface area contributed by atoms with E-state index in [0.29, 0.717) is 11.1 Å². The molecule has 25 heavy (non-hydrogen) atoms. The second-order valence-electron chi connectivity index (χ2n) is 5.43. The molecule has 0 aliphatic carbocycles. The van der Waals surface area contributed by atoms with Crippen molar-refractivity contribution in [2.45, 2.75) is 11.2 Å². The minimum atomic E-state index is -4.80. The van der Waals surface area contributed by atoms with Crippen molar-refractivity contribution in [1.29, 1.82) is 0 Å². The average molecular weight is 363 g/mol. The van der Waals surface area contributed by atoms with Crippen LogP contribution in [-0.4, -0.2) is 6.36 Å². The van der Waals surface area contributed by atoms with Gasteiger partial charge in [0.2, 0.25) is 0 Å². The molecule has 0 aromatic heterocycles. The normalized spacial score (nSPS) is 12.0. The molecule has 128 valence electrons. The maximum absolute atomic E-state index is 12.8. The molecule has 0 unspecified atom stereocenters. The summed E-state index contributed by atoms with van der Waals surface area (Å²) in [6, 6.07) is 23.9. The van der Waals surface area contributed by atoms with Crippen molar-refractivity contribution in [3.63, 3.8) is 0 Å². The van der Waals surface area contributed by atoms with Gasteiger partial charge in [-0.25, -0.2) is 0 Å². The molecular weight excluding hydrogens is 349 g/mol. The summed E-state index contributed by atoms with van der Waals surface area (Å²) >= 11 is 7.00. The van der Waals surface area contributed by atoms with Gasteiger partial charge in [0.05, 0.1) is 0 Å². The summed E-state index contributed by atoms with van der Waals surface area (Å²) in [6.07, 6.45) is -4.80. The first-order valence-corrected chi connectivity index (χ1v) is 7.94. The highest BCUT2D eigenvalue weighted by Gasteiger charge is 2.39. The standard InChI is InChI=1S/C20H14ClF3O/c21-19(15-9-3-1-4-10-15,16-11-5-2-6-12-16)17-13-7-8-14-18(17)25-20(22,23)24/h1-14H. The van der Waals surface area contributed by atoms with Crippen molar-refractivity contribution in [1.82, 2.24) is 0 Å². The second-order valence-corrected chi connectivity index (χ2v) is 6.00. The van der Waals surface area contributed by atoms with E-state index in [2.05, 4.69) is 4.74 Å². The van der Waals surface area contributed by atoms with Gasteiger partial charge in [0.25, 0.3) is 0 Å². The molecule has 0 spiro atoms. The zero-order chi connectivity index (χ0) is 17.9. The molecule has 3 aromatic carbocycles. The van der Waals surface area contributed by atoms with Gasteiger partial charge in [0, 0.05) is 5.56 Å². The van der Waals surface area contributed by atoms with Gasteiger partial charge in [-0.05, 0) is 17.2 Å². The van der Waals surface area contributed by atoms with Crippen LogP contribution >= 0.6 is 11.6 Å². The number of halogens is 4. The van der Waals surface area contributed by atoms with Gasteiger partial charge in [0.15, 0.2) is 0 Å². The second kappa shape index (κ2) is 6.81. The lowest BCUT2D eigenvalue weighted by molar-refractivity contribution is -0.275. The molecule has 0 atom stereocenters. The number of benzene rings is 3. The third-order valence-electron chi connectivity index (χ3n) is 3.83. The summed E-state index contributed by atoms with van der Waals surface area (Å²) in [5.74, 6) is -0.322. The molecule has 0 aliphatic heterocycles. The van der Waals surface area contributed by atoms with Crippen LogP contribution in [0, 0.1) is 0 Å². The smallest absolute Gasteiger partial charge is 0.405 e. The summed E-state index contributed by atoms with van der Waals surface area (Å²) in [7, 11) is 0. The minimum absolute atomic E-state index is 0.228. The first kappa shape index (κ1) is 17.4. The van der Waals surface area contributed by atoms with Gasteiger partial charge in [0.1, 0.15) is 10.6 Å². The Hall–Kier alpha value is -2.46. The quantitative estimate of drug-likeness (QED) is 0.401. The van der Waals surface area contributed by atoms with Crippen LogP contribution in [0.5, 0.6) is 5.75 Å². The van der Waals surface area contributed by atoms with E-state index >= 15 is 0 Å². The fraction of sp³-hybridized carbons (Fsp3) is 0.100. The first-order chi connectivity index (χ1) is 11.9. The Morgan fingerprint density at radius 2 is 1.08 bits per heavy atom. The van der Waals surface area contributed by atoms with Crippen LogP contribution in [0.1, 0.15) is 16.7 Å². The maximum atomic E-state index is 12.8. The van der Waals surface area contributed by atoms with Gasteiger partial charge in [-0.15, -0.1) is 24.8 Å². The molecule has 0 fully saturated rings. The highest BCUT2D eigenvalue weighted by atomic mass is 35.5. The Kier molecular flexibility index (Phi) is 4.73. The lowest BCUT2D eigenvalue weighted by Gasteiger charge is -2.30. The number of rotatable bonds is 4. The first-order valence-electron chi connectivity index (χ1n) is 7.56. The summed E-state index contributed by atoms with van der Waals surface area (Å²) in [5, 5.41) is 0. The van der Waals surface area contributed by atoms with Crippen LogP contribution in [0.4, 0.5) is 13.2 Å². The molecule has 1 nitrogen and oxygen atoms in total. The Bertz CT molecular complexity index is 793. The molecule has 0 radical (unpaired) electrons. The third-order valence-corrected chi connectivity index (χ3v) is 4.47. The van der Waals surface area contributed by atoms with E-state index in [1.54, 1.807) is 60.7 Å². The van der Waals surface area contributed by atoms with Gasteiger partial charge in [-0.1, -0.05) is 78.9 Å². The summed E-state index contributed by atoms with van der Waals surface area (Å²) < 4.78 is 42.8. The van der Waals surface area contributed by atoms with E-state index in [1.807, 2.05) is 12.1 Å². The fourth-order valence-electron chi connectivity index (χ4n) is 2.78. The van der Waals surface area contributed by atoms with E-state index in [9.17, 15) is 13.2 Å². The Morgan fingerprint density at radius 3 is 1.56 bits per heavy atom. The van der Waals surface area contributed by atoms with E-state index in [4.69, 9.17) is 11.6 Å². The summed E-state index contributed by atoms with van der Waals surface area (Å²) in [4.78, 5) is -1.32. The predicted molar refractivity (Wildman–Crippen MR) is 91.7 cm³/mol. The lowest BCUT2D eigenvalue weighted by atomic mass is 9.83. The molecule has 0 N–H and O–H groups in total. The van der Waals surface area contributed by atoms with Gasteiger partial charge < -0.3 is 4.74 Å². The lowest BCUT2D eigenvalue weighted by Crippen LogP contribution is -2.26. The Morgan fingerprint density at radius 1 is 0.640 bits per heavy atom. The molecule has 3 rings (SSSR count). The van der Waals surface area contributed by atoms with Gasteiger partial charge in [-0.2, -0.15) is 0 Å². The van der Waals surface area contributed by atoms with Crippen LogP contribution in [0.2, 0.25) is 0 Å². The van der Waals surface area contributed by atoms with Crippen molar-refractivity contribution < 1.29 is 17.9 Å². The van der Waals surface area contributed by atoms with Crippen LogP contribution in [-0.2, 0) is 4.87 Å². The molecule has 3 aromatic rings. The third kappa shape index (κ3) is 3.64. The van der Waals surface area contributed by atoms with Crippen LogP contribution in [0.3, 0.4) is 0 Å². The molecule has 0 saturated heterocycles. The van der Waals surface area contributed by atoms with Crippen LogP contribution in [0.15, 0.2) is 84.9 Å². The molecule has 0 amide bonds. The Balaban J connectivity index is 2.24. The zero-order valence-electron chi connectivity index (χ0n) is 13.0. The molecule has 0 bridgehead atoms. The van der Waals surface area contributed by atoms with Gasteiger partial charge in [-0.3, -0.25) is 0 Å². The van der Waals surface area contributed by atoms with Crippen molar-refractivity contribution in [3.8, 4) is 5.75 Å². The SMILES string of the molecule is FC(F)(F)Oc1ccccc1C(Cl)(c1ccccc1)c1ccccc1. The van der Waals surface area contributed by atoms with Crippen molar-refractivity contribution in [2.75, 3.05) is 0 Å². The summed E-state index contributed by atoms with van der Waals surface area (Å²) in [6.45, 7) is 0. The van der Waals surface area contributed by atoms with Crippen LogP contribution < -0.4 is 4.74 Å². The number of hydrogen-bond donors (Lipinski definition) is 0. The van der Waals surface area contributed by atoms with Crippen molar-refractivity contribution in [2.24, 2.45) is 0 Å². The fourth-order valence-corrected chi connectivity index (χ4v) is 3.19. The highest BCUT2D eigenvalue weighted by molar-refractivity contribution is 6.28. The number of hydrogen-bond acceptors (Lipinski definition) is 1.